The molecule has 0 saturated carbocycles. The molecule has 1 aromatic rings. The zero-order valence-corrected chi connectivity index (χ0v) is 14.2. The van der Waals surface area contributed by atoms with Crippen LogP contribution in [0.3, 0.4) is 0 Å². The maximum absolute atomic E-state index is 12.2. The van der Waals surface area contributed by atoms with Gasteiger partial charge in [0.25, 0.3) is 5.91 Å². The summed E-state index contributed by atoms with van der Waals surface area (Å²) in [6, 6.07) is 5.41. The molecule has 0 saturated heterocycles. The number of hydrogen-bond donors (Lipinski definition) is 1. The highest BCUT2D eigenvalue weighted by Crippen LogP contribution is 2.30. The second-order valence-electron chi connectivity index (χ2n) is 5.70. The molecular weight excluding hydrogens is 300 g/mol. The summed E-state index contributed by atoms with van der Waals surface area (Å²) in [7, 11) is -3.26. The van der Waals surface area contributed by atoms with Crippen LogP contribution in [0.1, 0.15) is 49.5 Å². The molecule has 0 radical (unpaired) electrons. The van der Waals surface area contributed by atoms with Crippen LogP contribution >= 0.6 is 0 Å². The second kappa shape index (κ2) is 6.69. The molecule has 6 heteroatoms. The van der Waals surface area contributed by atoms with Crippen LogP contribution < -0.4 is 9.62 Å². The molecule has 1 heterocycles. The van der Waals surface area contributed by atoms with Crippen molar-refractivity contribution in [1.29, 1.82) is 0 Å². The third kappa shape index (κ3) is 3.43. The molecule has 1 aliphatic rings. The highest BCUT2D eigenvalue weighted by Gasteiger charge is 2.26. The van der Waals surface area contributed by atoms with Gasteiger partial charge in [0.15, 0.2) is 0 Å². The number of nitrogens with one attached hydrogen (secondary N) is 1. The molecule has 1 atom stereocenters. The lowest BCUT2D eigenvalue weighted by Crippen LogP contribution is -2.37. The number of amides is 1. The van der Waals surface area contributed by atoms with Gasteiger partial charge >= 0.3 is 0 Å². The zero-order valence-electron chi connectivity index (χ0n) is 13.4. The van der Waals surface area contributed by atoms with E-state index < -0.39 is 10.0 Å². The van der Waals surface area contributed by atoms with Gasteiger partial charge in [-0.15, -0.1) is 0 Å². The fourth-order valence-corrected chi connectivity index (χ4v) is 3.75. The van der Waals surface area contributed by atoms with E-state index in [1.54, 1.807) is 19.1 Å². The van der Waals surface area contributed by atoms with Crippen LogP contribution in [-0.4, -0.2) is 32.7 Å². The van der Waals surface area contributed by atoms with Gasteiger partial charge in [0.1, 0.15) is 0 Å². The normalized spacial score (nSPS) is 16.0. The highest BCUT2D eigenvalue weighted by molar-refractivity contribution is 7.92. The fraction of sp³-hybridized carbons (Fsp3) is 0.562. The number of hydrogen-bond acceptors (Lipinski definition) is 3. The average molecular weight is 324 g/mol. The van der Waals surface area contributed by atoms with Gasteiger partial charge in [-0.05, 0) is 56.9 Å². The summed E-state index contributed by atoms with van der Waals surface area (Å²) in [5.74, 6) is -0.0180. The Balaban J connectivity index is 2.30. The van der Waals surface area contributed by atoms with E-state index in [4.69, 9.17) is 0 Å². The van der Waals surface area contributed by atoms with E-state index in [0.29, 0.717) is 17.8 Å². The quantitative estimate of drug-likeness (QED) is 0.904. The number of carbonyl (C=O) groups is 1. The van der Waals surface area contributed by atoms with Crippen molar-refractivity contribution in [3.63, 3.8) is 0 Å². The number of anilines is 1. The lowest BCUT2D eigenvalue weighted by Gasteiger charge is -2.30. The number of sulfonamides is 1. The van der Waals surface area contributed by atoms with Gasteiger partial charge in [-0.3, -0.25) is 9.10 Å². The molecule has 0 spiro atoms. The van der Waals surface area contributed by atoms with Crippen LogP contribution in [0.25, 0.3) is 0 Å². The molecule has 2 rings (SSSR count). The first kappa shape index (κ1) is 16.8. The van der Waals surface area contributed by atoms with Gasteiger partial charge in [0.2, 0.25) is 10.0 Å². The Morgan fingerprint density at radius 3 is 2.73 bits per heavy atom. The standard InChI is InChI=1S/C16H24N2O3S/c1-4-12(3)17-16(19)14-8-9-15-13(11-14)7-6-10-18(15)22(20,21)5-2/h8-9,11-12H,4-7,10H2,1-3H3,(H,17,19)/t12-/m1/s1. The molecule has 1 amide bonds. The number of carbonyl (C=O) groups excluding carboxylic acids is 1. The Morgan fingerprint density at radius 1 is 1.36 bits per heavy atom. The summed E-state index contributed by atoms with van der Waals surface area (Å²) < 4.78 is 25.8. The van der Waals surface area contributed by atoms with E-state index in [-0.39, 0.29) is 17.7 Å². The van der Waals surface area contributed by atoms with Crippen molar-refractivity contribution >= 4 is 21.6 Å². The molecule has 1 aromatic carbocycles. The van der Waals surface area contributed by atoms with Crippen LogP contribution in [0.5, 0.6) is 0 Å². The lowest BCUT2D eigenvalue weighted by molar-refractivity contribution is 0.0939. The maximum Gasteiger partial charge on any atom is 0.251 e. The van der Waals surface area contributed by atoms with Gasteiger partial charge in [0, 0.05) is 18.2 Å². The summed E-state index contributed by atoms with van der Waals surface area (Å²) in [4.78, 5) is 12.2. The molecule has 122 valence electrons. The van der Waals surface area contributed by atoms with E-state index >= 15 is 0 Å². The van der Waals surface area contributed by atoms with E-state index in [1.165, 1.54) is 4.31 Å². The van der Waals surface area contributed by atoms with E-state index in [0.717, 1.165) is 24.8 Å². The third-order valence-electron chi connectivity index (χ3n) is 4.11. The van der Waals surface area contributed by atoms with E-state index in [1.807, 2.05) is 19.9 Å². The number of benzene rings is 1. The van der Waals surface area contributed by atoms with E-state index in [9.17, 15) is 13.2 Å². The van der Waals surface area contributed by atoms with Gasteiger partial charge < -0.3 is 5.32 Å². The summed E-state index contributed by atoms with van der Waals surface area (Å²) in [6.45, 7) is 6.15. The van der Waals surface area contributed by atoms with Crippen molar-refractivity contribution in [2.45, 2.75) is 46.1 Å². The third-order valence-corrected chi connectivity index (χ3v) is 5.89. The maximum atomic E-state index is 12.2. The molecule has 1 N–H and O–H groups in total. The SMILES string of the molecule is CC[C@@H](C)NC(=O)c1ccc2c(c1)CCCN2S(=O)(=O)CC. The first-order valence-electron chi connectivity index (χ1n) is 7.83. The second-order valence-corrected chi connectivity index (χ2v) is 7.88. The summed E-state index contributed by atoms with van der Waals surface area (Å²) in [5.41, 5.74) is 2.24. The molecule has 0 fully saturated rings. The van der Waals surface area contributed by atoms with Crippen molar-refractivity contribution in [3.05, 3.63) is 29.3 Å². The van der Waals surface area contributed by atoms with Crippen LogP contribution in [0.4, 0.5) is 5.69 Å². The van der Waals surface area contributed by atoms with Crippen LogP contribution in [0.15, 0.2) is 18.2 Å². The average Bonchev–Trinajstić information content (AvgIpc) is 2.53. The minimum absolute atomic E-state index is 0.0860. The van der Waals surface area contributed by atoms with Crippen LogP contribution in [0.2, 0.25) is 0 Å². The molecule has 1 aliphatic heterocycles. The van der Waals surface area contributed by atoms with Crippen molar-refractivity contribution < 1.29 is 13.2 Å². The molecule has 0 bridgehead atoms. The molecular formula is C16H24N2O3S. The largest absolute Gasteiger partial charge is 0.350 e. The Morgan fingerprint density at radius 2 is 2.09 bits per heavy atom. The summed E-state index contributed by atoms with van der Waals surface area (Å²) in [5, 5.41) is 2.93. The zero-order chi connectivity index (χ0) is 16.3. The molecule has 22 heavy (non-hydrogen) atoms. The summed E-state index contributed by atoms with van der Waals surface area (Å²) in [6.07, 6.45) is 2.46. The predicted octanol–water partition coefficient (Wildman–Crippen LogP) is 2.32. The lowest BCUT2D eigenvalue weighted by atomic mass is 10.0. The first-order valence-corrected chi connectivity index (χ1v) is 9.44. The Kier molecular flexibility index (Phi) is 5.11. The predicted molar refractivity (Wildman–Crippen MR) is 88.8 cm³/mol. The smallest absolute Gasteiger partial charge is 0.251 e. The van der Waals surface area contributed by atoms with Gasteiger partial charge in [-0.2, -0.15) is 0 Å². The highest BCUT2D eigenvalue weighted by atomic mass is 32.2. The van der Waals surface area contributed by atoms with E-state index in [2.05, 4.69) is 5.32 Å². The summed E-state index contributed by atoms with van der Waals surface area (Å²) >= 11 is 0. The minimum atomic E-state index is -3.26. The fourth-order valence-electron chi connectivity index (χ4n) is 2.56. The number of aryl methyl sites for hydroxylation is 1. The molecule has 0 aliphatic carbocycles. The number of fused-ring (bicyclic) bond motifs is 1. The van der Waals surface area contributed by atoms with Gasteiger partial charge in [-0.25, -0.2) is 8.42 Å². The van der Waals surface area contributed by atoms with Crippen molar-refractivity contribution in [1.82, 2.24) is 5.32 Å². The van der Waals surface area contributed by atoms with Crippen molar-refractivity contribution in [2.75, 3.05) is 16.6 Å². The monoisotopic (exact) mass is 324 g/mol. The molecule has 0 unspecified atom stereocenters. The van der Waals surface area contributed by atoms with Crippen LogP contribution in [-0.2, 0) is 16.4 Å². The first-order chi connectivity index (χ1) is 10.4. The Bertz CT molecular complexity index is 655. The Labute approximate surface area is 132 Å². The van der Waals surface area contributed by atoms with Crippen molar-refractivity contribution in [3.8, 4) is 0 Å². The Hall–Kier alpha value is -1.56. The van der Waals surface area contributed by atoms with Crippen LogP contribution in [0, 0.1) is 0 Å². The van der Waals surface area contributed by atoms with Gasteiger partial charge in [0.05, 0.1) is 11.4 Å². The van der Waals surface area contributed by atoms with Crippen molar-refractivity contribution in [2.24, 2.45) is 0 Å². The molecule has 0 aromatic heterocycles. The minimum Gasteiger partial charge on any atom is -0.350 e. The molecule has 5 nitrogen and oxygen atoms in total. The number of nitrogens with zero attached hydrogens (tertiary/aromatic N) is 1. The number of rotatable bonds is 5. The topological polar surface area (TPSA) is 66.5 Å². The van der Waals surface area contributed by atoms with Gasteiger partial charge in [-0.1, -0.05) is 6.92 Å².